The molecule has 1 spiro atoms. The lowest BCUT2D eigenvalue weighted by Crippen LogP contribution is -2.59. The number of benzene rings is 2. The van der Waals surface area contributed by atoms with Gasteiger partial charge in [-0.05, 0) is 49.6 Å². The van der Waals surface area contributed by atoms with Crippen molar-refractivity contribution < 1.29 is 19.0 Å². The summed E-state index contributed by atoms with van der Waals surface area (Å²) in [5.74, 6) is 1.22. The summed E-state index contributed by atoms with van der Waals surface area (Å²) < 4.78 is 17.3. The number of amides is 1. The number of hydrogen-bond acceptors (Lipinski definition) is 8. The molecule has 4 aromatic rings. The summed E-state index contributed by atoms with van der Waals surface area (Å²) in [7, 11) is 1.51. The van der Waals surface area contributed by atoms with Crippen molar-refractivity contribution in [3.8, 4) is 23.3 Å². The average Bonchev–Trinajstić information content (AvgIpc) is 3.00. The van der Waals surface area contributed by atoms with Gasteiger partial charge in [0.25, 0.3) is 0 Å². The zero-order valence-corrected chi connectivity index (χ0v) is 24.9. The molecule has 0 bridgehead atoms. The first kappa shape index (κ1) is 28.6. The van der Waals surface area contributed by atoms with Crippen molar-refractivity contribution in [2.45, 2.75) is 45.6 Å². The molecule has 0 unspecified atom stereocenters. The smallest absolute Gasteiger partial charge is 0.415 e. The number of methoxy groups -OCH3 is 1. The highest BCUT2D eigenvalue weighted by atomic mass is 35.5. The van der Waals surface area contributed by atoms with Crippen LogP contribution in [-0.2, 0) is 6.61 Å². The van der Waals surface area contributed by atoms with Gasteiger partial charge in [-0.15, -0.1) is 0 Å². The first-order valence-corrected chi connectivity index (χ1v) is 14.7. The van der Waals surface area contributed by atoms with Crippen molar-refractivity contribution in [3.63, 3.8) is 0 Å². The van der Waals surface area contributed by atoms with E-state index in [2.05, 4.69) is 21.4 Å². The van der Waals surface area contributed by atoms with Crippen LogP contribution in [0.3, 0.4) is 0 Å². The zero-order valence-electron chi connectivity index (χ0n) is 24.2. The fraction of sp³-hybridized carbons (Fsp3) is 0.333. The summed E-state index contributed by atoms with van der Waals surface area (Å²) in [5, 5.41) is 14.2. The molecule has 0 radical (unpaired) electrons. The number of nitrogens with zero attached hydrogens (tertiary/aromatic N) is 4. The van der Waals surface area contributed by atoms with Gasteiger partial charge in [-0.3, -0.25) is 9.97 Å². The van der Waals surface area contributed by atoms with Gasteiger partial charge < -0.3 is 24.4 Å². The fourth-order valence-electron chi connectivity index (χ4n) is 5.97. The van der Waals surface area contributed by atoms with Gasteiger partial charge in [-0.2, -0.15) is 5.26 Å². The van der Waals surface area contributed by atoms with Crippen LogP contribution in [0, 0.1) is 23.7 Å². The van der Waals surface area contributed by atoms with Crippen LogP contribution in [0.25, 0.3) is 10.9 Å². The third-order valence-electron chi connectivity index (χ3n) is 8.39. The van der Waals surface area contributed by atoms with Crippen LogP contribution in [0.2, 0.25) is 5.02 Å². The van der Waals surface area contributed by atoms with Crippen LogP contribution in [0.5, 0.6) is 17.2 Å². The van der Waals surface area contributed by atoms with E-state index in [4.69, 9.17) is 25.8 Å². The molecule has 220 valence electrons. The highest BCUT2D eigenvalue weighted by Gasteiger charge is 2.46. The Kier molecular flexibility index (Phi) is 7.96. The summed E-state index contributed by atoms with van der Waals surface area (Å²) >= 11 is 6.64. The van der Waals surface area contributed by atoms with Crippen molar-refractivity contribution in [1.29, 1.82) is 5.26 Å². The number of fused-ring (bicyclic) bond motifs is 1. The molecule has 10 heteroatoms. The van der Waals surface area contributed by atoms with Gasteiger partial charge in [0.2, 0.25) is 0 Å². The fourth-order valence-corrected chi connectivity index (χ4v) is 6.19. The molecule has 1 saturated heterocycles. The average molecular weight is 598 g/mol. The van der Waals surface area contributed by atoms with Crippen LogP contribution in [0.1, 0.15) is 48.9 Å². The van der Waals surface area contributed by atoms with Gasteiger partial charge in [0, 0.05) is 48.4 Å². The Morgan fingerprint density at radius 3 is 2.65 bits per heavy atom. The summed E-state index contributed by atoms with van der Waals surface area (Å²) in [6.07, 6.45) is 8.88. The van der Waals surface area contributed by atoms with E-state index in [-0.39, 0.29) is 11.2 Å². The van der Waals surface area contributed by atoms with Crippen molar-refractivity contribution in [2.24, 2.45) is 5.41 Å². The molecule has 2 aromatic heterocycles. The lowest BCUT2D eigenvalue weighted by molar-refractivity contribution is -0.0127. The molecule has 1 N–H and O–H groups in total. The standard InChI is InChI=1S/C33H32ClN5O4/c1-21-7-6-12-36-28(21)18-42-23-8-9-26(25(34)13-23)38-31-22(16-35)17-37-27-15-30(29(41-2)14-24(27)31)43-32(40)39-19-33(20-39)10-4-3-5-11-33/h6-9,12-15,17H,3-5,10-11,18-20H2,1-2H3,(H,37,38). The molecule has 2 aromatic carbocycles. The third kappa shape index (κ3) is 5.88. The number of pyridine rings is 2. The van der Waals surface area contributed by atoms with E-state index < -0.39 is 6.09 Å². The molecule has 2 fully saturated rings. The lowest BCUT2D eigenvalue weighted by atomic mass is 9.69. The number of nitriles is 1. The number of halogens is 1. The van der Waals surface area contributed by atoms with Gasteiger partial charge in [-0.1, -0.05) is 36.9 Å². The molecular weight excluding hydrogens is 566 g/mol. The van der Waals surface area contributed by atoms with Crippen LogP contribution < -0.4 is 19.5 Å². The minimum Gasteiger partial charge on any atom is -0.493 e. The minimum atomic E-state index is -0.395. The van der Waals surface area contributed by atoms with Crippen LogP contribution >= 0.6 is 11.6 Å². The Bertz CT molecular complexity index is 1720. The topological polar surface area (TPSA) is 110 Å². The molecule has 1 saturated carbocycles. The molecule has 3 heterocycles. The summed E-state index contributed by atoms with van der Waals surface area (Å²) in [6, 6.07) is 14.7. The zero-order chi connectivity index (χ0) is 30.0. The second kappa shape index (κ2) is 12.0. The highest BCUT2D eigenvalue weighted by Crippen LogP contribution is 2.45. The van der Waals surface area contributed by atoms with Crippen LogP contribution in [-0.4, -0.2) is 41.2 Å². The van der Waals surface area contributed by atoms with E-state index >= 15 is 0 Å². The number of anilines is 2. The number of aryl methyl sites for hydroxylation is 1. The molecule has 6 rings (SSSR count). The normalized spacial score (nSPS) is 15.4. The van der Waals surface area contributed by atoms with Crippen molar-refractivity contribution >= 4 is 40.0 Å². The van der Waals surface area contributed by atoms with Gasteiger partial charge in [0.05, 0.1) is 40.3 Å². The Balaban J connectivity index is 1.22. The number of rotatable bonds is 7. The van der Waals surface area contributed by atoms with E-state index in [9.17, 15) is 10.1 Å². The number of nitrogens with one attached hydrogen (secondary N) is 1. The molecule has 1 amide bonds. The van der Waals surface area contributed by atoms with E-state index in [1.54, 1.807) is 41.4 Å². The molecule has 43 heavy (non-hydrogen) atoms. The molecule has 2 aliphatic rings. The van der Waals surface area contributed by atoms with Gasteiger partial charge in [-0.25, -0.2) is 4.79 Å². The molecule has 9 nitrogen and oxygen atoms in total. The van der Waals surface area contributed by atoms with Crippen molar-refractivity contribution in [1.82, 2.24) is 14.9 Å². The van der Waals surface area contributed by atoms with Crippen LogP contribution in [0.15, 0.2) is 54.9 Å². The number of aromatic nitrogens is 2. The Labute approximate surface area is 255 Å². The van der Waals surface area contributed by atoms with Gasteiger partial charge in [0.1, 0.15) is 18.4 Å². The van der Waals surface area contributed by atoms with Crippen molar-refractivity contribution in [2.75, 3.05) is 25.5 Å². The van der Waals surface area contributed by atoms with E-state index in [0.717, 1.165) is 24.3 Å². The third-order valence-corrected chi connectivity index (χ3v) is 8.70. The number of likely N-dealkylation sites (tertiary alicyclic amines) is 1. The van der Waals surface area contributed by atoms with Crippen molar-refractivity contribution in [3.05, 3.63) is 76.7 Å². The lowest BCUT2D eigenvalue weighted by Gasteiger charge is -2.51. The molecular formula is C33H32ClN5O4. The predicted molar refractivity (Wildman–Crippen MR) is 164 cm³/mol. The van der Waals surface area contributed by atoms with E-state index in [1.165, 1.54) is 45.4 Å². The summed E-state index contributed by atoms with van der Waals surface area (Å²) in [5.41, 5.74) is 4.08. The summed E-state index contributed by atoms with van der Waals surface area (Å²) in [4.78, 5) is 23.6. The van der Waals surface area contributed by atoms with E-state index in [1.807, 2.05) is 19.1 Å². The quantitative estimate of drug-likeness (QED) is 0.232. The maximum absolute atomic E-state index is 13.0. The van der Waals surface area contributed by atoms with Gasteiger partial charge >= 0.3 is 6.09 Å². The second-order valence-electron chi connectivity index (χ2n) is 11.3. The van der Waals surface area contributed by atoms with Gasteiger partial charge in [0.15, 0.2) is 11.5 Å². The Morgan fingerprint density at radius 1 is 1.12 bits per heavy atom. The monoisotopic (exact) mass is 597 g/mol. The molecule has 1 aliphatic heterocycles. The first-order chi connectivity index (χ1) is 20.9. The van der Waals surface area contributed by atoms with Crippen LogP contribution in [0.4, 0.5) is 16.2 Å². The molecule has 0 atom stereocenters. The predicted octanol–water partition coefficient (Wildman–Crippen LogP) is 7.56. The number of carbonyl (C=O) groups is 1. The number of carbonyl (C=O) groups excluding carboxylic acids is 1. The second-order valence-corrected chi connectivity index (χ2v) is 11.7. The van der Waals surface area contributed by atoms with E-state index in [0.29, 0.717) is 51.0 Å². The number of hydrogen-bond donors (Lipinski definition) is 1. The summed E-state index contributed by atoms with van der Waals surface area (Å²) in [6.45, 7) is 3.76. The highest BCUT2D eigenvalue weighted by molar-refractivity contribution is 6.33. The Hall–Kier alpha value is -4.55. The maximum atomic E-state index is 13.0. The Morgan fingerprint density at radius 2 is 1.93 bits per heavy atom. The SMILES string of the molecule is COc1cc2c(Nc3ccc(OCc4ncccc4C)cc3Cl)c(C#N)cnc2cc1OC(=O)N1CC2(CCCCC2)C1. The molecule has 1 aliphatic carbocycles. The minimum absolute atomic E-state index is 0.254. The number of ether oxygens (including phenoxy) is 3. The largest absolute Gasteiger partial charge is 0.493 e. The first-order valence-electron chi connectivity index (χ1n) is 14.4. The maximum Gasteiger partial charge on any atom is 0.415 e.